The predicted octanol–water partition coefficient (Wildman–Crippen LogP) is 3.98. The van der Waals surface area contributed by atoms with E-state index in [0.29, 0.717) is 21.2 Å². The molecule has 0 fully saturated rings. The Labute approximate surface area is 196 Å². The normalized spacial score (nSPS) is 11.2. The number of aromatic hydroxyl groups is 1. The van der Waals surface area contributed by atoms with Gasteiger partial charge < -0.3 is 10.4 Å². The third-order valence-corrected chi connectivity index (χ3v) is 4.80. The van der Waals surface area contributed by atoms with Crippen molar-refractivity contribution in [3.8, 4) is 5.75 Å². The summed E-state index contributed by atoms with van der Waals surface area (Å²) in [6.07, 6.45) is 2.62. The quantitative estimate of drug-likeness (QED) is 0.192. The van der Waals surface area contributed by atoms with Crippen LogP contribution in [0.1, 0.15) is 21.5 Å². The first kappa shape index (κ1) is 23.4. The van der Waals surface area contributed by atoms with Crippen molar-refractivity contribution in [1.29, 1.82) is 0 Å². The van der Waals surface area contributed by atoms with E-state index in [1.165, 1.54) is 42.6 Å². The van der Waals surface area contributed by atoms with Crippen molar-refractivity contribution >= 4 is 45.7 Å². The number of nitro groups is 1. The number of hydrazone groups is 1. The van der Waals surface area contributed by atoms with Gasteiger partial charge in [0.25, 0.3) is 17.5 Å². The second-order valence-electron chi connectivity index (χ2n) is 6.63. The number of rotatable bonds is 7. The Morgan fingerprint density at radius 1 is 1.03 bits per heavy atom. The van der Waals surface area contributed by atoms with E-state index in [9.17, 15) is 24.8 Å². The molecule has 0 saturated carbocycles. The summed E-state index contributed by atoms with van der Waals surface area (Å²) in [5, 5.41) is 27.1. The largest absolute Gasteiger partial charge is 0.507 e. The monoisotopic (exact) mass is 508 g/mol. The van der Waals surface area contributed by atoms with Gasteiger partial charge in [0, 0.05) is 27.7 Å². The zero-order chi connectivity index (χ0) is 23.8. The molecule has 0 bridgehead atoms. The molecule has 9 nitrogen and oxygen atoms in total. The summed E-state index contributed by atoms with van der Waals surface area (Å²) in [7, 11) is 0. The van der Waals surface area contributed by atoms with Crippen molar-refractivity contribution in [1.82, 2.24) is 10.7 Å². The average Bonchev–Trinajstić information content (AvgIpc) is 2.81. The first-order chi connectivity index (χ1) is 15.8. The fourth-order valence-electron chi connectivity index (χ4n) is 2.65. The van der Waals surface area contributed by atoms with Crippen molar-refractivity contribution in [2.24, 2.45) is 5.10 Å². The smallest absolute Gasteiger partial charge is 0.287 e. The van der Waals surface area contributed by atoms with Gasteiger partial charge in [-0.15, -0.1) is 0 Å². The number of carbonyl (C=O) groups excluding carboxylic acids is 2. The minimum Gasteiger partial charge on any atom is -0.507 e. The van der Waals surface area contributed by atoms with Crippen LogP contribution in [0.2, 0.25) is 0 Å². The highest BCUT2D eigenvalue weighted by Gasteiger charge is 2.15. The molecular weight excluding hydrogens is 492 g/mol. The lowest BCUT2D eigenvalue weighted by Crippen LogP contribution is -2.32. The second-order valence-corrected chi connectivity index (χ2v) is 7.54. The maximum absolute atomic E-state index is 12.7. The Morgan fingerprint density at radius 2 is 1.73 bits per heavy atom. The second kappa shape index (κ2) is 10.8. The number of benzene rings is 3. The van der Waals surface area contributed by atoms with Gasteiger partial charge in [-0.1, -0.05) is 34.1 Å². The topological polar surface area (TPSA) is 134 Å². The van der Waals surface area contributed by atoms with Crippen molar-refractivity contribution < 1.29 is 19.6 Å². The molecule has 166 valence electrons. The molecule has 0 atom stereocenters. The Hall–Kier alpha value is -4.31. The molecule has 2 amide bonds. The summed E-state index contributed by atoms with van der Waals surface area (Å²) in [5.41, 5.74) is 3.21. The molecule has 0 aromatic heterocycles. The van der Waals surface area contributed by atoms with Crippen LogP contribution in [-0.4, -0.2) is 28.1 Å². The van der Waals surface area contributed by atoms with Gasteiger partial charge in [0.1, 0.15) is 11.4 Å². The van der Waals surface area contributed by atoms with Crippen LogP contribution in [0.25, 0.3) is 6.08 Å². The third kappa shape index (κ3) is 6.58. The maximum atomic E-state index is 12.7. The lowest BCUT2D eigenvalue weighted by atomic mass is 10.1. The van der Waals surface area contributed by atoms with Crippen LogP contribution in [0.5, 0.6) is 5.75 Å². The number of carbonyl (C=O) groups is 2. The van der Waals surface area contributed by atoms with Crippen LogP contribution in [-0.2, 0) is 4.79 Å². The SMILES string of the molecule is O=C(NN=Cc1cc(Br)ccc1O)/C(=C\c1ccc([N+](=O)[O-])cc1)NC(=O)c1ccccc1. The standard InChI is InChI=1S/C23H17BrN4O5/c24-18-8-11-21(29)17(13-18)14-25-27-23(31)20(26-22(30)16-4-2-1-3-5-16)12-15-6-9-19(10-7-15)28(32)33/h1-14,29H,(H,26,30)(H,27,31)/b20-12+,25-14?. The van der Waals surface area contributed by atoms with E-state index in [4.69, 9.17) is 0 Å². The molecule has 0 aliphatic rings. The summed E-state index contributed by atoms with van der Waals surface area (Å²) in [4.78, 5) is 35.6. The summed E-state index contributed by atoms with van der Waals surface area (Å²) in [6.45, 7) is 0. The van der Waals surface area contributed by atoms with E-state index < -0.39 is 16.7 Å². The molecule has 3 aromatic carbocycles. The molecule has 0 aliphatic heterocycles. The van der Waals surface area contributed by atoms with E-state index in [-0.39, 0.29) is 17.1 Å². The zero-order valence-corrected chi connectivity index (χ0v) is 18.5. The Balaban J connectivity index is 1.84. The van der Waals surface area contributed by atoms with Gasteiger partial charge in [0.15, 0.2) is 0 Å². The van der Waals surface area contributed by atoms with Crippen LogP contribution in [0.4, 0.5) is 5.69 Å². The van der Waals surface area contributed by atoms with Gasteiger partial charge in [-0.05, 0) is 54.1 Å². The molecule has 33 heavy (non-hydrogen) atoms. The highest BCUT2D eigenvalue weighted by molar-refractivity contribution is 9.10. The molecule has 0 heterocycles. The number of hydrogen-bond acceptors (Lipinski definition) is 6. The fourth-order valence-corrected chi connectivity index (χ4v) is 3.03. The van der Waals surface area contributed by atoms with Crippen LogP contribution in [0.3, 0.4) is 0 Å². The number of phenolic OH excluding ortho intramolecular Hbond substituents is 1. The lowest BCUT2D eigenvalue weighted by Gasteiger charge is -2.09. The van der Waals surface area contributed by atoms with Crippen molar-refractivity contribution in [2.75, 3.05) is 0 Å². The molecule has 0 unspecified atom stereocenters. The van der Waals surface area contributed by atoms with Gasteiger partial charge in [-0.3, -0.25) is 19.7 Å². The van der Waals surface area contributed by atoms with Crippen LogP contribution >= 0.6 is 15.9 Å². The van der Waals surface area contributed by atoms with Crippen LogP contribution in [0, 0.1) is 10.1 Å². The molecule has 0 radical (unpaired) electrons. The summed E-state index contributed by atoms with van der Waals surface area (Å²) in [6, 6.07) is 18.5. The van der Waals surface area contributed by atoms with E-state index in [0.717, 1.165) is 0 Å². The number of phenols is 1. The van der Waals surface area contributed by atoms with Crippen molar-refractivity contribution in [3.05, 3.63) is 110 Å². The Kier molecular flexibility index (Phi) is 7.66. The lowest BCUT2D eigenvalue weighted by molar-refractivity contribution is -0.384. The number of hydrogen-bond donors (Lipinski definition) is 3. The van der Waals surface area contributed by atoms with E-state index >= 15 is 0 Å². The summed E-state index contributed by atoms with van der Waals surface area (Å²) < 4.78 is 0.710. The van der Waals surface area contributed by atoms with Crippen molar-refractivity contribution in [2.45, 2.75) is 0 Å². The molecule has 10 heteroatoms. The van der Waals surface area contributed by atoms with Crippen molar-refractivity contribution in [3.63, 3.8) is 0 Å². The number of nitro benzene ring substituents is 1. The van der Waals surface area contributed by atoms with Crippen LogP contribution < -0.4 is 10.7 Å². The first-order valence-electron chi connectivity index (χ1n) is 9.48. The number of nitrogens with one attached hydrogen (secondary N) is 2. The fraction of sp³-hybridized carbons (Fsp3) is 0. The zero-order valence-electron chi connectivity index (χ0n) is 16.9. The number of nitrogens with zero attached hydrogens (tertiary/aromatic N) is 2. The predicted molar refractivity (Wildman–Crippen MR) is 127 cm³/mol. The number of non-ortho nitro benzene ring substituents is 1. The Bertz CT molecular complexity index is 1240. The maximum Gasteiger partial charge on any atom is 0.287 e. The minimum atomic E-state index is -0.733. The third-order valence-electron chi connectivity index (χ3n) is 4.30. The van der Waals surface area contributed by atoms with Gasteiger partial charge >= 0.3 is 0 Å². The van der Waals surface area contributed by atoms with Gasteiger partial charge in [-0.2, -0.15) is 5.10 Å². The number of amides is 2. The molecule has 3 rings (SSSR count). The molecule has 0 aliphatic carbocycles. The Morgan fingerprint density at radius 3 is 2.39 bits per heavy atom. The van der Waals surface area contributed by atoms with E-state index in [1.807, 2.05) is 0 Å². The summed E-state index contributed by atoms with van der Waals surface area (Å²) >= 11 is 3.28. The molecule has 0 saturated heterocycles. The average molecular weight is 509 g/mol. The summed E-state index contributed by atoms with van der Waals surface area (Å²) in [5.74, 6) is -1.29. The molecule has 3 N–H and O–H groups in total. The van der Waals surface area contributed by atoms with E-state index in [2.05, 4.69) is 31.8 Å². The highest BCUT2D eigenvalue weighted by Crippen LogP contribution is 2.20. The molecule has 3 aromatic rings. The van der Waals surface area contributed by atoms with Crippen LogP contribution in [0.15, 0.2) is 88.1 Å². The van der Waals surface area contributed by atoms with Gasteiger partial charge in [0.05, 0.1) is 11.1 Å². The van der Waals surface area contributed by atoms with Gasteiger partial charge in [0.2, 0.25) is 0 Å². The molecule has 0 spiro atoms. The number of halogens is 1. The molecular formula is C23H17BrN4O5. The highest BCUT2D eigenvalue weighted by atomic mass is 79.9. The van der Waals surface area contributed by atoms with E-state index in [1.54, 1.807) is 42.5 Å². The first-order valence-corrected chi connectivity index (χ1v) is 10.3. The van der Waals surface area contributed by atoms with Gasteiger partial charge in [-0.25, -0.2) is 5.43 Å². The minimum absolute atomic E-state index is 0.0322.